The number of likely N-dealkylation sites (N-methyl/N-ethyl adjacent to an activating group) is 2. The van der Waals surface area contributed by atoms with Crippen molar-refractivity contribution in [3.8, 4) is 24.1 Å². The Morgan fingerprint density at radius 2 is 1.09 bits per heavy atom. The fraction of sp³-hybridized carbons (Fsp3) is 0.364. The lowest BCUT2D eigenvalue weighted by Crippen LogP contribution is -2.40. The molecule has 10 heteroatoms. The van der Waals surface area contributed by atoms with Crippen LogP contribution in [-0.4, -0.2) is 92.6 Å². The molecule has 2 atom stereocenters. The highest BCUT2D eigenvalue weighted by Crippen LogP contribution is 2.25. The summed E-state index contributed by atoms with van der Waals surface area (Å²) in [4.78, 5) is 51.5. The van der Waals surface area contributed by atoms with Crippen molar-refractivity contribution in [2.75, 3.05) is 41.3 Å². The van der Waals surface area contributed by atoms with E-state index in [4.69, 9.17) is 0 Å². The largest absolute Gasteiger partial charge is 0.344 e. The van der Waals surface area contributed by atoms with E-state index in [0.29, 0.717) is 26.2 Å². The number of amides is 2. The number of imidazole rings is 2. The highest BCUT2D eigenvalue weighted by atomic mass is 16.2. The van der Waals surface area contributed by atoms with Crippen molar-refractivity contribution in [2.24, 2.45) is 0 Å². The van der Waals surface area contributed by atoms with Gasteiger partial charge < -0.3 is 19.8 Å². The molecule has 2 aromatic heterocycles. The van der Waals surface area contributed by atoms with Gasteiger partial charge in [-0.3, -0.25) is 19.4 Å². The molecule has 0 spiro atoms. The van der Waals surface area contributed by atoms with Crippen LogP contribution in [0.1, 0.15) is 72.8 Å². The van der Waals surface area contributed by atoms with Crippen LogP contribution in [0.15, 0.2) is 97.3 Å². The number of benzene rings is 3. The molecule has 5 rings (SSSR count). The second-order valence-corrected chi connectivity index (χ2v) is 13.9. The summed E-state index contributed by atoms with van der Waals surface area (Å²) in [6, 6.07) is 27.7. The molecule has 10 nitrogen and oxygen atoms in total. The zero-order chi connectivity index (χ0) is 39.0. The summed E-state index contributed by atoms with van der Waals surface area (Å²) >= 11 is 0. The third-order valence-electron chi connectivity index (χ3n) is 9.28. The van der Waals surface area contributed by atoms with Crippen molar-refractivity contribution in [2.45, 2.75) is 64.7 Å². The number of terminal acetylenes is 1. The predicted octanol–water partition coefficient (Wildman–Crippen LogP) is 6.92. The molecular weight excluding hydrogens is 673 g/mol. The molecule has 2 heterocycles. The van der Waals surface area contributed by atoms with Crippen LogP contribution in [0.3, 0.4) is 0 Å². The molecule has 0 aliphatic carbocycles. The van der Waals surface area contributed by atoms with Gasteiger partial charge >= 0.3 is 0 Å². The Morgan fingerprint density at radius 1 is 0.630 bits per heavy atom. The number of nitrogens with zero attached hydrogens (tertiary/aromatic N) is 6. The molecule has 0 radical (unpaired) electrons. The van der Waals surface area contributed by atoms with Gasteiger partial charge in [-0.15, -0.1) is 12.8 Å². The minimum Gasteiger partial charge on any atom is -0.344 e. The standard InChI is InChI=1S/C42H54N8O2.C2H2/c1-7-25-49(41(51)39(47(3)4)33-15-11-9-12-16-33)29-37-43-27-35(45-37)24-21-31-19-22-32(23-20-31)36-28-44-38(46-36)30-50(26-8-2)42(52)40(48(5)6)34-17-13-10-14-18-34;1-2/h9-20,22-23,27-28,39-40H,7-8,21,24-26,29-30H2,1-6H3,(H,43,45)(H,44,46);1-2H/t39-,40-;/m1./s1. The van der Waals surface area contributed by atoms with Crippen LogP contribution >= 0.6 is 0 Å². The van der Waals surface area contributed by atoms with Gasteiger partial charge in [-0.25, -0.2) is 9.97 Å². The van der Waals surface area contributed by atoms with E-state index >= 15 is 0 Å². The Bertz CT molecular complexity index is 1880. The lowest BCUT2D eigenvalue weighted by molar-refractivity contribution is -0.138. The number of hydrogen-bond donors (Lipinski definition) is 2. The van der Waals surface area contributed by atoms with E-state index in [2.05, 4.69) is 70.9 Å². The fourth-order valence-corrected chi connectivity index (χ4v) is 6.71. The molecule has 0 saturated carbocycles. The summed E-state index contributed by atoms with van der Waals surface area (Å²) in [7, 11) is 7.78. The SMILES string of the molecule is C#C.CCCN(Cc1ncc(CCc2ccc(-c3cnc(CN(CCC)C(=O)[C@@H](c4ccccc4)N(C)C)[nH]3)cc2)[nH]1)C(=O)[C@@H](c1ccccc1)N(C)C. The second kappa shape index (κ2) is 20.7. The zero-order valence-corrected chi connectivity index (χ0v) is 32.7. The van der Waals surface area contributed by atoms with Gasteiger partial charge in [0.25, 0.3) is 0 Å². The first-order valence-corrected chi connectivity index (χ1v) is 18.7. The van der Waals surface area contributed by atoms with E-state index in [1.54, 1.807) is 0 Å². The van der Waals surface area contributed by atoms with Gasteiger partial charge in [0.2, 0.25) is 11.8 Å². The van der Waals surface area contributed by atoms with E-state index < -0.39 is 0 Å². The zero-order valence-electron chi connectivity index (χ0n) is 32.7. The summed E-state index contributed by atoms with van der Waals surface area (Å²) in [5, 5.41) is 0. The Kier molecular flexibility index (Phi) is 15.8. The van der Waals surface area contributed by atoms with Crippen LogP contribution in [0.4, 0.5) is 0 Å². The van der Waals surface area contributed by atoms with Crippen LogP contribution in [0.25, 0.3) is 11.3 Å². The molecule has 0 fully saturated rings. The Morgan fingerprint density at radius 3 is 1.56 bits per heavy atom. The predicted molar refractivity (Wildman–Crippen MR) is 217 cm³/mol. The minimum absolute atomic E-state index is 0.0672. The molecule has 284 valence electrons. The number of nitrogens with one attached hydrogen (secondary N) is 2. The lowest BCUT2D eigenvalue weighted by atomic mass is 10.0. The third kappa shape index (κ3) is 11.0. The van der Waals surface area contributed by atoms with Crippen molar-refractivity contribution in [1.82, 2.24) is 39.5 Å². The minimum atomic E-state index is -0.358. The van der Waals surface area contributed by atoms with Crippen LogP contribution in [0.5, 0.6) is 0 Å². The summed E-state index contributed by atoms with van der Waals surface area (Å²) in [5.41, 5.74) is 6.20. The monoisotopic (exact) mass is 728 g/mol. The summed E-state index contributed by atoms with van der Waals surface area (Å²) < 4.78 is 0. The number of aromatic nitrogens is 4. The maximum atomic E-state index is 13.8. The van der Waals surface area contributed by atoms with Gasteiger partial charge in [-0.2, -0.15) is 0 Å². The molecule has 54 heavy (non-hydrogen) atoms. The van der Waals surface area contributed by atoms with Gasteiger partial charge in [-0.05, 0) is 76.1 Å². The van der Waals surface area contributed by atoms with Gasteiger partial charge in [0.05, 0.1) is 25.0 Å². The van der Waals surface area contributed by atoms with Crippen molar-refractivity contribution >= 4 is 11.8 Å². The van der Waals surface area contributed by atoms with Crippen molar-refractivity contribution in [3.05, 3.63) is 131 Å². The highest BCUT2D eigenvalue weighted by Gasteiger charge is 2.29. The first-order valence-electron chi connectivity index (χ1n) is 18.7. The molecule has 2 N–H and O–H groups in total. The first-order chi connectivity index (χ1) is 26.2. The van der Waals surface area contributed by atoms with E-state index in [1.807, 2.05) is 121 Å². The van der Waals surface area contributed by atoms with Crippen molar-refractivity contribution in [1.29, 1.82) is 0 Å². The topological polar surface area (TPSA) is 104 Å². The van der Waals surface area contributed by atoms with Gasteiger partial charge in [-0.1, -0.05) is 98.8 Å². The Hall–Kier alpha value is -5.50. The average Bonchev–Trinajstić information content (AvgIpc) is 3.85. The van der Waals surface area contributed by atoms with Crippen molar-refractivity contribution in [3.63, 3.8) is 0 Å². The normalized spacial score (nSPS) is 12.2. The molecule has 0 bridgehead atoms. The number of H-pyrrole nitrogens is 2. The van der Waals surface area contributed by atoms with E-state index in [9.17, 15) is 9.59 Å². The smallest absolute Gasteiger partial charge is 0.244 e. The van der Waals surface area contributed by atoms with Gasteiger partial charge in [0, 0.05) is 25.0 Å². The summed E-state index contributed by atoms with van der Waals surface area (Å²) in [6.07, 6.45) is 15.1. The van der Waals surface area contributed by atoms with Crippen LogP contribution in [-0.2, 0) is 35.5 Å². The second-order valence-electron chi connectivity index (χ2n) is 13.9. The summed E-state index contributed by atoms with van der Waals surface area (Å²) in [6.45, 7) is 6.36. The number of rotatable bonds is 18. The van der Waals surface area contributed by atoms with Gasteiger partial charge in [0.15, 0.2) is 0 Å². The van der Waals surface area contributed by atoms with Crippen LogP contribution in [0, 0.1) is 12.8 Å². The highest BCUT2D eigenvalue weighted by molar-refractivity contribution is 5.84. The van der Waals surface area contributed by atoms with Crippen LogP contribution < -0.4 is 0 Å². The molecule has 0 aliphatic heterocycles. The number of carbonyl (C=O) groups is 2. The molecule has 3 aromatic carbocycles. The molecule has 5 aromatic rings. The summed E-state index contributed by atoms with van der Waals surface area (Å²) in [5.74, 6) is 1.70. The molecule has 0 saturated heterocycles. The molecular formula is C44H56N8O2. The van der Waals surface area contributed by atoms with Crippen LogP contribution in [0.2, 0.25) is 0 Å². The number of carbonyl (C=O) groups excluding carboxylic acids is 2. The third-order valence-corrected chi connectivity index (χ3v) is 9.28. The lowest BCUT2D eigenvalue weighted by Gasteiger charge is -2.30. The molecule has 2 amide bonds. The van der Waals surface area contributed by atoms with E-state index in [-0.39, 0.29) is 23.9 Å². The van der Waals surface area contributed by atoms with Gasteiger partial charge in [0.1, 0.15) is 23.7 Å². The Balaban J connectivity index is 0.00000319. The maximum Gasteiger partial charge on any atom is 0.244 e. The molecule has 0 aliphatic rings. The number of hydrogen-bond acceptors (Lipinski definition) is 6. The fourth-order valence-electron chi connectivity index (χ4n) is 6.71. The maximum absolute atomic E-state index is 13.8. The molecule has 0 unspecified atom stereocenters. The first kappa shape index (κ1) is 41.3. The Labute approximate surface area is 321 Å². The number of aromatic amines is 2. The van der Waals surface area contributed by atoms with E-state index in [1.165, 1.54) is 5.56 Å². The quantitative estimate of drug-likeness (QED) is 0.0951. The number of aryl methyl sites for hydroxylation is 2. The van der Waals surface area contributed by atoms with E-state index in [0.717, 1.165) is 65.4 Å². The van der Waals surface area contributed by atoms with Crippen molar-refractivity contribution < 1.29 is 9.59 Å². The average molecular weight is 729 g/mol.